The largest absolute Gasteiger partial charge is 0.374 e. The summed E-state index contributed by atoms with van der Waals surface area (Å²) in [7, 11) is 0. The SMILES string of the molecule is CCc1ccc(Cc2cn([C@@H]3O[C@H](COCc4ccccc4)[C@@H](OCc4ccccc4)[C@H](OCc4ccccc4)[C@H]3OCc3ccccc3)c3cccc(Cl)c23)cc1. The summed E-state index contributed by atoms with van der Waals surface area (Å²) in [6, 6.07) is 55.8. The third kappa shape index (κ3) is 9.79. The minimum absolute atomic E-state index is 0.276. The van der Waals surface area contributed by atoms with Gasteiger partial charge in [0.25, 0.3) is 0 Å². The average molecular weight is 792 g/mol. The third-order valence-corrected chi connectivity index (χ3v) is 11.2. The van der Waals surface area contributed by atoms with Gasteiger partial charge in [0.15, 0.2) is 6.23 Å². The van der Waals surface area contributed by atoms with Crippen molar-refractivity contribution in [2.24, 2.45) is 0 Å². The summed E-state index contributed by atoms with van der Waals surface area (Å²) in [5.41, 5.74) is 8.83. The second-order valence-electron chi connectivity index (χ2n) is 14.9. The average Bonchev–Trinajstić information content (AvgIpc) is 3.65. The number of fused-ring (bicyclic) bond motifs is 1. The third-order valence-electron chi connectivity index (χ3n) is 10.8. The van der Waals surface area contributed by atoms with Crippen LogP contribution >= 0.6 is 11.6 Å². The van der Waals surface area contributed by atoms with E-state index in [9.17, 15) is 0 Å². The van der Waals surface area contributed by atoms with Gasteiger partial charge >= 0.3 is 0 Å². The van der Waals surface area contributed by atoms with E-state index in [1.54, 1.807) is 0 Å². The molecule has 0 radical (unpaired) electrons. The molecule has 1 aliphatic heterocycles. The summed E-state index contributed by atoms with van der Waals surface area (Å²) < 4.78 is 37.0. The molecule has 2 heterocycles. The predicted octanol–water partition coefficient (Wildman–Crippen LogP) is 11.3. The molecule has 1 saturated heterocycles. The molecule has 8 rings (SSSR count). The van der Waals surface area contributed by atoms with Crippen molar-refractivity contribution in [2.75, 3.05) is 6.61 Å². The number of hydrogen-bond acceptors (Lipinski definition) is 5. The standard InChI is InChI=1S/C51H50ClNO5/c1-2-37-26-28-38(29-27-37)30-43-31-53(45-25-15-24-44(52)47(43)45)51-50(57-35-42-22-13-6-14-23-42)49(56-34-41-20-11-5-12-21-41)48(55-33-40-18-9-4-10-19-40)46(58-51)36-54-32-39-16-7-3-8-17-39/h3-29,31,46,48-51H,2,30,32-36H2,1H3/t46-,48-,49+,50-,51-/m1/s1. The molecule has 0 N–H and O–H groups in total. The van der Waals surface area contributed by atoms with E-state index in [0.29, 0.717) is 37.9 Å². The highest BCUT2D eigenvalue weighted by Crippen LogP contribution is 2.40. The number of benzene rings is 6. The zero-order valence-electron chi connectivity index (χ0n) is 32.9. The Bertz CT molecular complexity index is 2300. The summed E-state index contributed by atoms with van der Waals surface area (Å²) in [5, 5.41) is 1.69. The van der Waals surface area contributed by atoms with Crippen molar-refractivity contribution >= 4 is 22.5 Å². The molecule has 7 heteroatoms. The molecule has 1 aliphatic rings. The number of aromatic nitrogens is 1. The number of hydrogen-bond donors (Lipinski definition) is 0. The maximum absolute atomic E-state index is 7.30. The normalized spacial score (nSPS) is 19.4. The fourth-order valence-electron chi connectivity index (χ4n) is 7.79. The Labute approximate surface area is 346 Å². The van der Waals surface area contributed by atoms with E-state index in [4.69, 9.17) is 35.3 Å². The van der Waals surface area contributed by atoms with Gasteiger partial charge in [0, 0.05) is 11.6 Å². The molecule has 0 unspecified atom stereocenters. The maximum Gasteiger partial charge on any atom is 0.163 e. The van der Waals surface area contributed by atoms with Crippen LogP contribution in [-0.2, 0) is 63.0 Å². The lowest BCUT2D eigenvalue weighted by Crippen LogP contribution is -2.59. The molecule has 0 amide bonds. The molecule has 58 heavy (non-hydrogen) atoms. The van der Waals surface area contributed by atoms with Gasteiger partial charge in [-0.15, -0.1) is 0 Å². The highest BCUT2D eigenvalue weighted by Gasteiger charge is 2.49. The van der Waals surface area contributed by atoms with Gasteiger partial charge in [-0.25, -0.2) is 0 Å². The number of halogens is 1. The van der Waals surface area contributed by atoms with Gasteiger partial charge in [-0.1, -0.05) is 170 Å². The summed E-state index contributed by atoms with van der Waals surface area (Å²) in [4.78, 5) is 0. The first-order chi connectivity index (χ1) is 28.6. The topological polar surface area (TPSA) is 51.1 Å². The van der Waals surface area contributed by atoms with Gasteiger partial charge < -0.3 is 28.3 Å². The monoisotopic (exact) mass is 791 g/mol. The molecular formula is C51H50ClNO5. The van der Waals surface area contributed by atoms with Crippen LogP contribution in [0.1, 0.15) is 52.1 Å². The van der Waals surface area contributed by atoms with E-state index >= 15 is 0 Å². The second kappa shape index (κ2) is 19.6. The summed E-state index contributed by atoms with van der Waals surface area (Å²) in [5.74, 6) is 0. The lowest BCUT2D eigenvalue weighted by molar-refractivity contribution is -0.289. The highest BCUT2D eigenvalue weighted by molar-refractivity contribution is 6.35. The minimum Gasteiger partial charge on any atom is -0.374 e. The fourth-order valence-corrected chi connectivity index (χ4v) is 8.08. The number of aryl methyl sites for hydroxylation is 1. The van der Waals surface area contributed by atoms with Gasteiger partial charge in [-0.05, 0) is 63.9 Å². The first kappa shape index (κ1) is 39.8. The van der Waals surface area contributed by atoms with Crippen molar-refractivity contribution in [3.63, 3.8) is 0 Å². The van der Waals surface area contributed by atoms with Crippen LogP contribution in [0.3, 0.4) is 0 Å². The molecule has 7 aromatic rings. The molecule has 0 saturated carbocycles. The van der Waals surface area contributed by atoms with E-state index in [0.717, 1.165) is 45.1 Å². The van der Waals surface area contributed by atoms with Gasteiger partial charge in [-0.2, -0.15) is 0 Å². The van der Waals surface area contributed by atoms with Crippen molar-refractivity contribution in [3.05, 3.63) is 214 Å². The van der Waals surface area contributed by atoms with Crippen LogP contribution in [0, 0.1) is 0 Å². The Hall–Kier alpha value is -5.05. The number of ether oxygens (including phenoxy) is 5. The molecule has 6 nitrogen and oxygen atoms in total. The van der Waals surface area contributed by atoms with Crippen LogP contribution in [-0.4, -0.2) is 35.6 Å². The van der Waals surface area contributed by atoms with Gasteiger partial charge in [0.05, 0.1) is 43.6 Å². The van der Waals surface area contributed by atoms with Crippen LogP contribution in [0.25, 0.3) is 10.9 Å². The van der Waals surface area contributed by atoms with Crippen molar-refractivity contribution in [2.45, 2.75) is 76.8 Å². The lowest BCUT2D eigenvalue weighted by Gasteiger charge is -2.46. The zero-order chi connectivity index (χ0) is 39.5. The van der Waals surface area contributed by atoms with Gasteiger partial charge in [0.2, 0.25) is 0 Å². The maximum atomic E-state index is 7.30. The molecule has 0 spiro atoms. The van der Waals surface area contributed by atoms with Crippen LogP contribution in [0.15, 0.2) is 170 Å². The van der Waals surface area contributed by atoms with E-state index in [2.05, 4.69) is 96.6 Å². The predicted molar refractivity (Wildman–Crippen MR) is 231 cm³/mol. The van der Waals surface area contributed by atoms with Gasteiger partial charge in [0.1, 0.15) is 24.4 Å². The van der Waals surface area contributed by atoms with Crippen LogP contribution in [0.4, 0.5) is 0 Å². The van der Waals surface area contributed by atoms with Crippen LogP contribution < -0.4 is 0 Å². The molecule has 6 aromatic carbocycles. The number of rotatable bonds is 17. The summed E-state index contributed by atoms with van der Waals surface area (Å²) in [6.07, 6.45) is 1.06. The Balaban J connectivity index is 1.21. The van der Waals surface area contributed by atoms with Gasteiger partial charge in [-0.3, -0.25) is 0 Å². The Morgan fingerprint density at radius 2 is 1.02 bits per heavy atom. The quantitative estimate of drug-likeness (QED) is 0.0919. The Morgan fingerprint density at radius 3 is 1.57 bits per heavy atom. The second-order valence-corrected chi connectivity index (χ2v) is 15.3. The van der Waals surface area contributed by atoms with E-state index in [1.807, 2.05) is 84.9 Å². The Kier molecular flexibility index (Phi) is 13.4. The first-order valence-corrected chi connectivity index (χ1v) is 20.6. The van der Waals surface area contributed by atoms with Crippen molar-refractivity contribution in [1.29, 1.82) is 0 Å². The molecule has 1 fully saturated rings. The van der Waals surface area contributed by atoms with Crippen molar-refractivity contribution in [3.8, 4) is 0 Å². The Morgan fingerprint density at radius 1 is 0.517 bits per heavy atom. The minimum atomic E-state index is -0.622. The molecular weight excluding hydrogens is 742 g/mol. The van der Waals surface area contributed by atoms with Crippen LogP contribution in [0.5, 0.6) is 0 Å². The molecule has 5 atom stereocenters. The fraction of sp³-hybridized carbons (Fsp3) is 0.255. The molecule has 0 aliphatic carbocycles. The first-order valence-electron chi connectivity index (χ1n) is 20.2. The molecule has 1 aromatic heterocycles. The highest BCUT2D eigenvalue weighted by atomic mass is 35.5. The lowest BCUT2D eigenvalue weighted by atomic mass is 9.96. The summed E-state index contributed by atoms with van der Waals surface area (Å²) >= 11 is 7.08. The molecule has 296 valence electrons. The van der Waals surface area contributed by atoms with E-state index in [-0.39, 0.29) is 6.61 Å². The summed E-state index contributed by atoms with van der Waals surface area (Å²) in [6.45, 7) is 3.98. The number of nitrogens with zero attached hydrogens (tertiary/aromatic N) is 1. The zero-order valence-corrected chi connectivity index (χ0v) is 33.6. The van der Waals surface area contributed by atoms with Crippen LogP contribution in [0.2, 0.25) is 5.02 Å². The smallest absolute Gasteiger partial charge is 0.163 e. The molecule has 0 bridgehead atoms. The van der Waals surface area contributed by atoms with E-state index in [1.165, 1.54) is 11.1 Å². The van der Waals surface area contributed by atoms with Crippen molar-refractivity contribution in [1.82, 2.24) is 4.57 Å². The van der Waals surface area contributed by atoms with E-state index < -0.39 is 30.6 Å². The van der Waals surface area contributed by atoms with Crippen molar-refractivity contribution < 1.29 is 23.7 Å².